The van der Waals surface area contributed by atoms with Gasteiger partial charge in [0.1, 0.15) is 20.6 Å². The van der Waals surface area contributed by atoms with Gasteiger partial charge in [-0.25, -0.2) is 41.5 Å². The first-order valence-corrected chi connectivity index (χ1v) is 25.6. The Kier molecular flexibility index (Phi) is 16.3. The number of nitrogens with one attached hydrogen (secondary N) is 1. The highest BCUT2D eigenvalue weighted by molar-refractivity contribution is 7.90. The average molecular weight is 841 g/mol. The predicted octanol–water partition coefficient (Wildman–Crippen LogP) is 6.65. The molecule has 2 aromatic heterocycles. The quantitative estimate of drug-likeness (QED) is 0.135. The molecule has 0 saturated carbocycles. The van der Waals surface area contributed by atoms with Crippen LogP contribution in [0.4, 0.5) is 0 Å². The third kappa shape index (κ3) is 13.0. The van der Waals surface area contributed by atoms with Gasteiger partial charge in [0.25, 0.3) is 15.9 Å². The van der Waals surface area contributed by atoms with E-state index in [1.165, 1.54) is 36.4 Å². The van der Waals surface area contributed by atoms with Crippen LogP contribution >= 0.6 is 46.4 Å². The van der Waals surface area contributed by atoms with E-state index in [-0.39, 0.29) is 43.8 Å². The third-order valence-electron chi connectivity index (χ3n) is 6.30. The molecule has 4 aromatic rings. The fourth-order valence-corrected chi connectivity index (χ4v) is 10.3. The molecule has 0 aliphatic rings. The molecule has 0 fully saturated rings. The van der Waals surface area contributed by atoms with Crippen LogP contribution in [0.2, 0.25) is 59.9 Å². The summed E-state index contributed by atoms with van der Waals surface area (Å²) in [5.41, 5.74) is -0.00325. The first-order valence-electron chi connectivity index (χ1n) is 14.0. The van der Waals surface area contributed by atoms with Crippen LogP contribution in [0.5, 0.6) is 0 Å². The summed E-state index contributed by atoms with van der Waals surface area (Å²) in [5, 5.41) is 15.6. The lowest BCUT2D eigenvalue weighted by Crippen LogP contribution is -2.40. The number of aromatic nitrogens is 2. The van der Waals surface area contributed by atoms with Crippen molar-refractivity contribution in [3.63, 3.8) is 0 Å². The van der Waals surface area contributed by atoms with Gasteiger partial charge in [0.2, 0.25) is 10.0 Å². The number of halogens is 4. The molecular formula is C31H38Cl4N4O7S2Si2. The van der Waals surface area contributed by atoms with Crippen LogP contribution in [-0.2, 0) is 20.0 Å². The molecule has 2 heterocycles. The molecule has 1 amide bonds. The second kappa shape index (κ2) is 18.1. The molecule has 272 valence electrons. The maximum Gasteiger partial charge on any atom is 0.338 e. The number of pyridine rings is 2. The number of hydrogen-bond donors (Lipinski definition) is 3. The number of sulfonamides is 2. The van der Waals surface area contributed by atoms with Crippen molar-refractivity contribution in [2.24, 2.45) is 5.14 Å². The molecule has 0 bridgehead atoms. The fraction of sp³-hybridized carbons (Fsp3) is 0.226. The summed E-state index contributed by atoms with van der Waals surface area (Å²) in [7, 11) is -11.1. The largest absolute Gasteiger partial charge is 0.478 e. The van der Waals surface area contributed by atoms with Crippen LogP contribution in [0.25, 0.3) is 0 Å². The van der Waals surface area contributed by atoms with Crippen molar-refractivity contribution in [3.05, 3.63) is 105 Å². The molecule has 0 atom stereocenters. The van der Waals surface area contributed by atoms with Crippen molar-refractivity contribution < 1.29 is 31.5 Å². The van der Waals surface area contributed by atoms with Gasteiger partial charge < -0.3 is 5.11 Å². The molecule has 11 nitrogen and oxygen atoms in total. The maximum absolute atomic E-state index is 12.4. The van der Waals surface area contributed by atoms with Gasteiger partial charge in [-0.1, -0.05) is 130 Å². The van der Waals surface area contributed by atoms with Crippen molar-refractivity contribution in [2.75, 3.05) is 0 Å². The second-order valence-electron chi connectivity index (χ2n) is 12.2. The van der Waals surface area contributed by atoms with Gasteiger partial charge in [0.15, 0.2) is 0 Å². The smallest absolute Gasteiger partial charge is 0.338 e. The molecule has 2 aromatic carbocycles. The average Bonchev–Trinajstić information content (AvgIpc) is 2.96. The minimum Gasteiger partial charge on any atom is -0.478 e. The van der Waals surface area contributed by atoms with Crippen LogP contribution < -0.4 is 20.2 Å². The highest BCUT2D eigenvalue weighted by atomic mass is 35.5. The third-order valence-corrected chi connectivity index (χ3v) is 14.0. The summed E-state index contributed by atoms with van der Waals surface area (Å²) in [5.74, 6) is -1.92. The Labute approximate surface area is 315 Å². The molecule has 19 heteroatoms. The van der Waals surface area contributed by atoms with E-state index >= 15 is 0 Å². The van der Waals surface area contributed by atoms with Gasteiger partial charge >= 0.3 is 5.97 Å². The summed E-state index contributed by atoms with van der Waals surface area (Å²) in [4.78, 5) is 31.2. The van der Waals surface area contributed by atoms with Crippen molar-refractivity contribution >= 4 is 105 Å². The second-order valence-corrected chi connectivity index (χ2v) is 27.0. The van der Waals surface area contributed by atoms with Crippen molar-refractivity contribution in [2.45, 2.75) is 56.5 Å². The number of hydrogen-bond acceptors (Lipinski definition) is 8. The zero-order valence-corrected chi connectivity index (χ0v) is 33.8. The van der Waals surface area contributed by atoms with Crippen LogP contribution in [-0.4, -0.2) is 59.9 Å². The van der Waals surface area contributed by atoms with Gasteiger partial charge in [-0.05, 0) is 46.8 Å². The maximum atomic E-state index is 12.4. The summed E-state index contributed by atoms with van der Waals surface area (Å²) >= 11 is 23.7. The summed E-state index contributed by atoms with van der Waals surface area (Å²) < 4.78 is 47.8. The van der Waals surface area contributed by atoms with E-state index in [1.54, 1.807) is 36.4 Å². The lowest BCUT2D eigenvalue weighted by atomic mass is 10.3. The molecule has 0 saturated heterocycles. The van der Waals surface area contributed by atoms with Crippen molar-refractivity contribution in [1.82, 2.24) is 14.7 Å². The first-order chi connectivity index (χ1) is 22.4. The minimum absolute atomic E-state index is 0. The number of nitrogens with zero attached hydrogens (tertiary/aromatic N) is 2. The number of carbonyl (C=O) groups excluding carboxylic acids is 1. The van der Waals surface area contributed by atoms with E-state index in [4.69, 9.17) is 56.6 Å². The van der Waals surface area contributed by atoms with E-state index in [1.807, 2.05) is 24.4 Å². The predicted molar refractivity (Wildman–Crippen MR) is 207 cm³/mol. The number of carbonyl (C=O) groups is 2. The lowest BCUT2D eigenvalue weighted by molar-refractivity contribution is 0.0696. The van der Waals surface area contributed by atoms with Gasteiger partial charge in [-0.3, -0.25) is 4.79 Å². The molecule has 0 radical (unpaired) electrons. The van der Waals surface area contributed by atoms with E-state index in [0.29, 0.717) is 5.15 Å². The molecule has 4 rings (SSSR count). The van der Waals surface area contributed by atoms with Crippen LogP contribution in [0.3, 0.4) is 0 Å². The van der Waals surface area contributed by atoms with Gasteiger partial charge in [0, 0.05) is 0 Å². The molecule has 0 aliphatic heterocycles. The van der Waals surface area contributed by atoms with Crippen LogP contribution in [0.1, 0.15) is 28.1 Å². The van der Waals surface area contributed by atoms with E-state index in [2.05, 4.69) is 29.6 Å². The summed E-state index contributed by atoms with van der Waals surface area (Å²) in [6.07, 6.45) is 0. The molecule has 0 unspecified atom stereocenters. The number of amides is 1. The molecule has 0 aliphatic carbocycles. The number of primary sulfonamides is 1. The van der Waals surface area contributed by atoms with E-state index < -0.39 is 48.1 Å². The Morgan fingerprint density at radius 1 is 0.660 bits per heavy atom. The Morgan fingerprint density at radius 2 is 1.02 bits per heavy atom. The summed E-state index contributed by atoms with van der Waals surface area (Å²) in [6.45, 7) is 12.3. The first kappa shape index (κ1) is 45.2. The number of rotatable bonds is 7. The monoisotopic (exact) mass is 838 g/mol. The molecule has 0 spiro atoms. The SMILES string of the molecule is C.C[Si](C)(C)c1cc(C(=O)NS(=O)(=O)c2ccccc2)c(Cl)nc1Cl.C[Si](C)(C)c1cc(C(=O)O)c(Cl)nc1Cl.NS(=O)(=O)c1ccccc1. The molecular weight excluding hydrogens is 802 g/mol. The topological polar surface area (TPSA) is 186 Å². The Balaban J connectivity index is 0.000000410. The Morgan fingerprint density at radius 3 is 1.36 bits per heavy atom. The zero-order chi connectivity index (χ0) is 37.5. The molecule has 50 heavy (non-hydrogen) atoms. The van der Waals surface area contributed by atoms with Crippen LogP contribution in [0.15, 0.2) is 82.6 Å². The van der Waals surface area contributed by atoms with E-state index in [0.717, 1.165) is 10.4 Å². The van der Waals surface area contributed by atoms with Gasteiger partial charge in [-0.2, -0.15) is 0 Å². The minimum atomic E-state index is -3.99. The number of carboxylic acids is 1. The standard InChI is InChI=1S/C15H16Cl2N2O3SSi.C9H11Cl2NO2Si.C6H7NO2S.CH4/c1-24(2,3)12-9-11(13(16)18-14(12)17)15(20)19-23(21,22)10-7-5-4-6-8-10;1-15(2,3)6-4-5(9(13)14)7(10)12-8(6)11;7-10(8,9)6-4-2-1-3-5-6;/h4-9H,1-3H3,(H,19,20);4H,1-3H3,(H,13,14);1-5H,(H2,7,8,9);1H4. The fourth-order valence-electron chi connectivity index (χ4n) is 3.75. The lowest BCUT2D eigenvalue weighted by Gasteiger charge is -2.19. The van der Waals surface area contributed by atoms with Crippen LogP contribution in [0, 0.1) is 0 Å². The van der Waals surface area contributed by atoms with Crippen molar-refractivity contribution in [3.8, 4) is 0 Å². The van der Waals surface area contributed by atoms with E-state index in [9.17, 15) is 26.4 Å². The Hall–Kier alpha value is -2.87. The number of carboxylic acid groups (broad SMARTS) is 1. The highest BCUT2D eigenvalue weighted by Crippen LogP contribution is 2.20. The van der Waals surface area contributed by atoms with Gasteiger partial charge in [0.05, 0.1) is 37.1 Å². The zero-order valence-electron chi connectivity index (χ0n) is 27.1. The molecule has 4 N–H and O–H groups in total. The number of benzene rings is 2. The van der Waals surface area contributed by atoms with Gasteiger partial charge in [-0.15, -0.1) is 0 Å². The number of nitrogens with two attached hydrogens (primary N) is 1. The summed E-state index contributed by atoms with van der Waals surface area (Å²) in [6, 6.07) is 18.6. The number of aromatic carboxylic acids is 1. The Bertz CT molecular complexity index is 2050. The van der Waals surface area contributed by atoms with Crippen molar-refractivity contribution in [1.29, 1.82) is 0 Å². The highest BCUT2D eigenvalue weighted by Gasteiger charge is 2.27. The normalized spacial score (nSPS) is 11.5.